The van der Waals surface area contributed by atoms with Gasteiger partial charge in [-0.3, -0.25) is 0 Å². The third kappa shape index (κ3) is 2.54. The van der Waals surface area contributed by atoms with E-state index in [0.717, 1.165) is 28.9 Å². The molecule has 0 aromatic carbocycles. The fraction of sp³-hybridized carbons (Fsp3) is 0.583. The van der Waals surface area contributed by atoms with Crippen LogP contribution in [0.15, 0.2) is 12.4 Å². The number of nitrogens with zero attached hydrogens (tertiary/aromatic N) is 6. The van der Waals surface area contributed by atoms with Crippen molar-refractivity contribution in [3.05, 3.63) is 23.8 Å². The highest BCUT2D eigenvalue weighted by Crippen LogP contribution is 2.25. The molecule has 0 saturated heterocycles. The Balaban J connectivity index is 2.49. The summed E-state index contributed by atoms with van der Waals surface area (Å²) in [6.45, 7) is 8.19. The minimum Gasteiger partial charge on any atom is -0.243 e. The maximum atomic E-state index is 12.3. The number of rotatable bonds is 2. The fourth-order valence-electron chi connectivity index (χ4n) is 2.01. The van der Waals surface area contributed by atoms with Crippen molar-refractivity contribution in [3.63, 3.8) is 0 Å². The Kier molecular flexibility index (Phi) is 3.46. The van der Waals surface area contributed by atoms with E-state index in [2.05, 4.69) is 27.5 Å². The Hall–Kier alpha value is -2.05. The Morgan fingerprint density at radius 3 is 2.58 bits per heavy atom. The SMILES string of the molecule is CCCc1nnn(C(=O)n2ccnn2)c1C(C)(C)C. The molecular weight excluding hydrogens is 244 g/mol. The standard InChI is InChI=1S/C12H18N6O/c1-5-6-9-10(12(2,3)4)18(16-14-9)11(19)17-8-7-13-15-17/h7-8H,5-6H2,1-4H3. The summed E-state index contributed by atoms with van der Waals surface area (Å²) in [5.41, 5.74) is 1.47. The summed E-state index contributed by atoms with van der Waals surface area (Å²) >= 11 is 0. The average molecular weight is 262 g/mol. The molecule has 7 heteroatoms. The van der Waals surface area contributed by atoms with Gasteiger partial charge < -0.3 is 0 Å². The van der Waals surface area contributed by atoms with Crippen LogP contribution >= 0.6 is 0 Å². The van der Waals surface area contributed by atoms with Gasteiger partial charge in [0.05, 0.1) is 23.8 Å². The predicted octanol–water partition coefficient (Wildman–Crippen LogP) is 1.64. The van der Waals surface area contributed by atoms with Gasteiger partial charge >= 0.3 is 6.03 Å². The first-order valence-corrected chi connectivity index (χ1v) is 6.31. The number of carbonyl (C=O) groups excluding carboxylic acids is 1. The summed E-state index contributed by atoms with van der Waals surface area (Å²) < 4.78 is 2.47. The number of aromatic nitrogens is 6. The van der Waals surface area contributed by atoms with Crippen molar-refractivity contribution in [3.8, 4) is 0 Å². The molecular formula is C12H18N6O. The molecule has 0 radical (unpaired) electrons. The fourth-order valence-corrected chi connectivity index (χ4v) is 2.01. The molecule has 2 aromatic heterocycles. The minimum absolute atomic E-state index is 0.218. The lowest BCUT2D eigenvalue weighted by Gasteiger charge is -2.20. The molecule has 0 aliphatic carbocycles. The van der Waals surface area contributed by atoms with E-state index in [1.165, 1.54) is 17.1 Å². The lowest BCUT2D eigenvalue weighted by molar-refractivity contribution is 0.235. The summed E-state index contributed by atoms with van der Waals surface area (Å²) in [5.74, 6) is 0. The average Bonchev–Trinajstić information content (AvgIpc) is 2.96. The van der Waals surface area contributed by atoms with Crippen LogP contribution in [0.4, 0.5) is 4.79 Å². The van der Waals surface area contributed by atoms with Gasteiger partial charge in [0.25, 0.3) is 0 Å². The molecule has 0 N–H and O–H groups in total. The summed E-state index contributed by atoms with van der Waals surface area (Å²) in [4.78, 5) is 12.3. The second-order valence-electron chi connectivity index (χ2n) is 5.43. The van der Waals surface area contributed by atoms with E-state index < -0.39 is 0 Å². The lowest BCUT2D eigenvalue weighted by Crippen LogP contribution is -2.28. The van der Waals surface area contributed by atoms with Gasteiger partial charge in [-0.2, -0.15) is 9.36 Å². The van der Waals surface area contributed by atoms with E-state index >= 15 is 0 Å². The largest absolute Gasteiger partial charge is 0.372 e. The van der Waals surface area contributed by atoms with E-state index in [4.69, 9.17) is 0 Å². The van der Waals surface area contributed by atoms with Crippen molar-refractivity contribution < 1.29 is 4.79 Å². The molecule has 7 nitrogen and oxygen atoms in total. The van der Waals surface area contributed by atoms with Gasteiger partial charge in [0, 0.05) is 5.41 Å². The quantitative estimate of drug-likeness (QED) is 0.822. The van der Waals surface area contributed by atoms with E-state index in [0.29, 0.717) is 0 Å². The summed E-state index contributed by atoms with van der Waals surface area (Å²) in [7, 11) is 0. The molecule has 0 fully saturated rings. The van der Waals surface area contributed by atoms with Crippen LogP contribution in [0.3, 0.4) is 0 Å². The predicted molar refractivity (Wildman–Crippen MR) is 68.9 cm³/mol. The van der Waals surface area contributed by atoms with Gasteiger partial charge in [0.15, 0.2) is 0 Å². The number of hydrogen-bond acceptors (Lipinski definition) is 5. The zero-order valence-electron chi connectivity index (χ0n) is 11.7. The highest BCUT2D eigenvalue weighted by Gasteiger charge is 2.28. The Labute approximate surface area is 111 Å². The molecule has 0 spiro atoms. The maximum absolute atomic E-state index is 12.3. The third-order valence-corrected chi connectivity index (χ3v) is 2.74. The first kappa shape index (κ1) is 13.4. The molecule has 0 amide bonds. The van der Waals surface area contributed by atoms with Gasteiger partial charge in [-0.05, 0) is 6.42 Å². The topological polar surface area (TPSA) is 78.5 Å². The molecule has 102 valence electrons. The van der Waals surface area contributed by atoms with Gasteiger partial charge in [-0.1, -0.05) is 44.5 Å². The zero-order chi connectivity index (χ0) is 14.0. The summed E-state index contributed by atoms with van der Waals surface area (Å²) in [6, 6.07) is -0.364. The molecule has 0 aliphatic rings. The molecule has 19 heavy (non-hydrogen) atoms. The van der Waals surface area contributed by atoms with Gasteiger partial charge in [0.2, 0.25) is 0 Å². The lowest BCUT2D eigenvalue weighted by atomic mass is 9.89. The Morgan fingerprint density at radius 1 is 1.32 bits per heavy atom. The molecule has 0 bridgehead atoms. The first-order chi connectivity index (χ1) is 8.95. The van der Waals surface area contributed by atoms with Crippen molar-refractivity contribution in [2.75, 3.05) is 0 Å². The second-order valence-corrected chi connectivity index (χ2v) is 5.43. The third-order valence-electron chi connectivity index (χ3n) is 2.74. The highest BCUT2D eigenvalue weighted by molar-refractivity contribution is 5.78. The van der Waals surface area contributed by atoms with Crippen molar-refractivity contribution in [2.24, 2.45) is 0 Å². The van der Waals surface area contributed by atoms with Crippen molar-refractivity contribution >= 4 is 6.03 Å². The normalized spacial score (nSPS) is 11.8. The second kappa shape index (κ2) is 4.91. The van der Waals surface area contributed by atoms with Crippen LogP contribution in [0.5, 0.6) is 0 Å². The summed E-state index contributed by atoms with van der Waals surface area (Å²) in [5, 5.41) is 15.5. The molecule has 0 saturated carbocycles. The van der Waals surface area contributed by atoms with E-state index in [1.54, 1.807) is 0 Å². The van der Waals surface area contributed by atoms with Crippen LogP contribution in [0.1, 0.15) is 45.5 Å². The van der Waals surface area contributed by atoms with Crippen LogP contribution in [0.25, 0.3) is 0 Å². The van der Waals surface area contributed by atoms with Gasteiger partial charge in [0.1, 0.15) is 0 Å². The monoisotopic (exact) mass is 262 g/mol. The number of carbonyl (C=O) groups is 1. The van der Waals surface area contributed by atoms with Crippen LogP contribution < -0.4 is 0 Å². The van der Waals surface area contributed by atoms with Gasteiger partial charge in [-0.15, -0.1) is 10.2 Å². The van der Waals surface area contributed by atoms with Crippen molar-refractivity contribution in [2.45, 2.75) is 46.0 Å². The molecule has 2 rings (SSSR count). The number of hydrogen-bond donors (Lipinski definition) is 0. The molecule has 2 aromatic rings. The number of aryl methyl sites for hydroxylation is 1. The van der Waals surface area contributed by atoms with Gasteiger partial charge in [-0.25, -0.2) is 4.79 Å². The van der Waals surface area contributed by atoms with E-state index in [1.807, 2.05) is 20.8 Å². The molecule has 0 atom stereocenters. The summed E-state index contributed by atoms with van der Waals surface area (Å²) in [6.07, 6.45) is 4.71. The van der Waals surface area contributed by atoms with E-state index in [-0.39, 0.29) is 11.4 Å². The highest BCUT2D eigenvalue weighted by atomic mass is 16.2. The smallest absolute Gasteiger partial charge is 0.243 e. The Morgan fingerprint density at radius 2 is 2.05 bits per heavy atom. The maximum Gasteiger partial charge on any atom is 0.372 e. The van der Waals surface area contributed by atoms with Crippen molar-refractivity contribution in [1.29, 1.82) is 0 Å². The molecule has 2 heterocycles. The van der Waals surface area contributed by atoms with Crippen LogP contribution in [0.2, 0.25) is 0 Å². The zero-order valence-corrected chi connectivity index (χ0v) is 11.7. The van der Waals surface area contributed by atoms with Crippen LogP contribution in [-0.4, -0.2) is 36.0 Å². The van der Waals surface area contributed by atoms with Crippen molar-refractivity contribution in [1.82, 2.24) is 30.0 Å². The molecule has 0 unspecified atom stereocenters. The van der Waals surface area contributed by atoms with Crippen LogP contribution in [-0.2, 0) is 11.8 Å². The van der Waals surface area contributed by atoms with Crippen LogP contribution in [0, 0.1) is 0 Å². The first-order valence-electron chi connectivity index (χ1n) is 6.31. The minimum atomic E-state index is -0.364. The van der Waals surface area contributed by atoms with E-state index in [9.17, 15) is 4.79 Å². The Bertz CT molecular complexity index is 564. The molecule has 0 aliphatic heterocycles.